The minimum Gasteiger partial charge on any atom is -0.357 e. The van der Waals surface area contributed by atoms with Crippen molar-refractivity contribution >= 4 is 17.3 Å². The first kappa shape index (κ1) is 16.5. The molecule has 0 aliphatic rings. The van der Waals surface area contributed by atoms with Gasteiger partial charge in [0.15, 0.2) is 5.96 Å². The fraction of sp³-hybridized carbons (Fsp3) is 0.412. The van der Waals surface area contributed by atoms with Crippen molar-refractivity contribution in [3.05, 3.63) is 52.0 Å². The first-order chi connectivity index (χ1) is 10.8. The molecule has 1 heterocycles. The third kappa shape index (κ3) is 5.48. The second-order valence-corrected chi connectivity index (χ2v) is 5.89. The second kappa shape index (κ2) is 9.20. The zero-order valence-corrected chi connectivity index (χ0v) is 14.1. The smallest absolute Gasteiger partial charge is 0.191 e. The molecule has 0 aliphatic heterocycles. The highest BCUT2D eigenvalue weighted by Gasteiger charge is 2.01. The van der Waals surface area contributed by atoms with E-state index in [2.05, 4.69) is 52.0 Å². The van der Waals surface area contributed by atoms with Crippen LogP contribution >= 0.6 is 11.3 Å². The second-order valence-electron chi connectivity index (χ2n) is 4.94. The largest absolute Gasteiger partial charge is 0.357 e. The predicted octanol–water partition coefficient (Wildman–Crippen LogP) is 3.00. The minimum atomic E-state index is 0.687. The summed E-state index contributed by atoms with van der Waals surface area (Å²) in [4.78, 5) is 9.20. The molecule has 2 rings (SSSR count). The van der Waals surface area contributed by atoms with Gasteiger partial charge < -0.3 is 10.6 Å². The molecule has 0 amide bonds. The Balaban J connectivity index is 1.83. The Morgan fingerprint density at radius 1 is 1.18 bits per heavy atom. The van der Waals surface area contributed by atoms with Gasteiger partial charge in [0.25, 0.3) is 0 Å². The van der Waals surface area contributed by atoms with Crippen molar-refractivity contribution in [3.8, 4) is 0 Å². The van der Waals surface area contributed by atoms with E-state index in [-0.39, 0.29) is 0 Å². The summed E-state index contributed by atoms with van der Waals surface area (Å²) < 4.78 is 0. The summed E-state index contributed by atoms with van der Waals surface area (Å²) in [6.07, 6.45) is 1.94. The molecule has 1 aromatic carbocycles. The summed E-state index contributed by atoms with van der Waals surface area (Å²) in [5, 5.41) is 10.0. The Morgan fingerprint density at radius 2 is 2.00 bits per heavy atom. The lowest BCUT2D eigenvalue weighted by atomic mass is 10.2. The number of guanidine groups is 1. The first-order valence-electron chi connectivity index (χ1n) is 7.81. The van der Waals surface area contributed by atoms with Crippen LogP contribution in [0.2, 0.25) is 0 Å². The summed E-state index contributed by atoms with van der Waals surface area (Å²) in [6, 6.07) is 10.3. The number of nitrogens with one attached hydrogen (secondary N) is 2. The van der Waals surface area contributed by atoms with E-state index in [0.717, 1.165) is 37.6 Å². The summed E-state index contributed by atoms with van der Waals surface area (Å²) in [6.45, 7) is 6.60. The highest BCUT2D eigenvalue weighted by molar-refractivity contribution is 7.09. The van der Waals surface area contributed by atoms with Crippen molar-refractivity contribution in [3.63, 3.8) is 0 Å². The van der Waals surface area contributed by atoms with Gasteiger partial charge in [0.2, 0.25) is 0 Å². The number of rotatable bonds is 7. The van der Waals surface area contributed by atoms with E-state index in [4.69, 9.17) is 0 Å². The fourth-order valence-corrected chi connectivity index (χ4v) is 2.81. The number of aryl methyl sites for hydroxylation is 1. The van der Waals surface area contributed by atoms with Crippen molar-refractivity contribution in [2.45, 2.75) is 33.2 Å². The van der Waals surface area contributed by atoms with Gasteiger partial charge >= 0.3 is 0 Å². The van der Waals surface area contributed by atoms with Gasteiger partial charge in [-0.2, -0.15) is 0 Å². The van der Waals surface area contributed by atoms with Crippen molar-refractivity contribution in [2.75, 3.05) is 13.1 Å². The van der Waals surface area contributed by atoms with Gasteiger partial charge in [-0.1, -0.05) is 37.3 Å². The molecule has 0 unspecified atom stereocenters. The normalized spacial score (nSPS) is 11.5. The molecule has 1 aromatic heterocycles. The van der Waals surface area contributed by atoms with Crippen LogP contribution in [0.15, 0.2) is 40.7 Å². The van der Waals surface area contributed by atoms with Crippen molar-refractivity contribution < 1.29 is 0 Å². The molecule has 0 radical (unpaired) electrons. The van der Waals surface area contributed by atoms with Crippen LogP contribution < -0.4 is 10.6 Å². The fourth-order valence-electron chi connectivity index (χ4n) is 2.03. The quantitative estimate of drug-likeness (QED) is 0.610. The van der Waals surface area contributed by atoms with Crippen LogP contribution in [-0.4, -0.2) is 24.0 Å². The summed E-state index contributed by atoms with van der Waals surface area (Å²) in [7, 11) is 0. The molecule has 0 saturated heterocycles. The standard InChI is InChI=1S/C17H24N4S/c1-3-16-21-15(13-22-16)10-11-19-17(18-4-2)20-12-14-8-6-5-7-9-14/h5-9,13H,3-4,10-12H2,1-2H3,(H2,18,19,20). The molecule has 2 N–H and O–H groups in total. The number of hydrogen-bond acceptors (Lipinski definition) is 3. The average Bonchev–Trinajstić information content (AvgIpc) is 3.01. The maximum absolute atomic E-state index is 4.61. The van der Waals surface area contributed by atoms with Crippen LogP contribution in [0.4, 0.5) is 0 Å². The monoisotopic (exact) mass is 316 g/mol. The molecule has 118 valence electrons. The van der Waals surface area contributed by atoms with Crippen molar-refractivity contribution in [1.29, 1.82) is 0 Å². The van der Waals surface area contributed by atoms with E-state index >= 15 is 0 Å². The van der Waals surface area contributed by atoms with Gasteiger partial charge in [-0.25, -0.2) is 9.98 Å². The zero-order chi connectivity index (χ0) is 15.6. The molecule has 0 atom stereocenters. The summed E-state index contributed by atoms with van der Waals surface area (Å²) in [5.41, 5.74) is 2.38. The van der Waals surface area contributed by atoms with E-state index in [1.54, 1.807) is 11.3 Å². The maximum atomic E-state index is 4.61. The predicted molar refractivity (Wildman–Crippen MR) is 94.5 cm³/mol. The molecule has 5 heteroatoms. The molecule has 0 bridgehead atoms. The highest BCUT2D eigenvalue weighted by atomic mass is 32.1. The molecule has 0 aliphatic carbocycles. The Kier molecular flexibility index (Phi) is 6.90. The Morgan fingerprint density at radius 3 is 2.68 bits per heavy atom. The van der Waals surface area contributed by atoms with Crippen LogP contribution in [0.3, 0.4) is 0 Å². The van der Waals surface area contributed by atoms with Crippen LogP contribution in [0.5, 0.6) is 0 Å². The number of nitrogens with zero attached hydrogens (tertiary/aromatic N) is 2. The number of aromatic nitrogens is 1. The molecule has 0 fully saturated rings. The molecule has 0 spiro atoms. The van der Waals surface area contributed by atoms with Crippen LogP contribution in [0, 0.1) is 0 Å². The molecule has 2 aromatic rings. The lowest BCUT2D eigenvalue weighted by molar-refractivity contribution is 0.789. The summed E-state index contributed by atoms with van der Waals surface area (Å²) >= 11 is 1.74. The van der Waals surface area contributed by atoms with Gasteiger partial charge in [-0.05, 0) is 18.9 Å². The van der Waals surface area contributed by atoms with E-state index < -0.39 is 0 Å². The Hall–Kier alpha value is -1.88. The van der Waals surface area contributed by atoms with Gasteiger partial charge in [0.05, 0.1) is 17.2 Å². The van der Waals surface area contributed by atoms with Crippen molar-refractivity contribution in [2.24, 2.45) is 4.99 Å². The number of hydrogen-bond donors (Lipinski definition) is 2. The number of aliphatic imine (C=N–C) groups is 1. The van der Waals surface area contributed by atoms with Crippen molar-refractivity contribution in [1.82, 2.24) is 15.6 Å². The van der Waals surface area contributed by atoms with Gasteiger partial charge in [0, 0.05) is 24.9 Å². The molecule has 0 saturated carbocycles. The third-order valence-corrected chi connectivity index (χ3v) is 4.22. The van der Waals surface area contributed by atoms with Gasteiger partial charge in [-0.3, -0.25) is 0 Å². The van der Waals surface area contributed by atoms with E-state index in [9.17, 15) is 0 Å². The third-order valence-electron chi connectivity index (χ3n) is 3.18. The summed E-state index contributed by atoms with van der Waals surface area (Å²) in [5.74, 6) is 0.859. The minimum absolute atomic E-state index is 0.687. The van der Waals surface area contributed by atoms with E-state index in [1.165, 1.54) is 10.6 Å². The molecular weight excluding hydrogens is 292 g/mol. The lowest BCUT2D eigenvalue weighted by Gasteiger charge is -2.10. The first-order valence-corrected chi connectivity index (χ1v) is 8.69. The van der Waals surface area contributed by atoms with Crippen LogP contribution in [0.1, 0.15) is 30.1 Å². The Bertz CT molecular complexity index is 577. The van der Waals surface area contributed by atoms with Crippen LogP contribution in [-0.2, 0) is 19.4 Å². The van der Waals surface area contributed by atoms with Gasteiger partial charge in [0.1, 0.15) is 0 Å². The van der Waals surface area contributed by atoms with Crippen LogP contribution in [0.25, 0.3) is 0 Å². The molecule has 4 nitrogen and oxygen atoms in total. The highest BCUT2D eigenvalue weighted by Crippen LogP contribution is 2.10. The lowest BCUT2D eigenvalue weighted by Crippen LogP contribution is -2.38. The molecule has 22 heavy (non-hydrogen) atoms. The average molecular weight is 316 g/mol. The maximum Gasteiger partial charge on any atom is 0.191 e. The SMILES string of the molecule is CCNC(=NCc1ccccc1)NCCc1csc(CC)n1. The van der Waals surface area contributed by atoms with E-state index in [1.807, 2.05) is 18.2 Å². The Labute approximate surface area is 136 Å². The number of thiazole rings is 1. The molecular formula is C17H24N4S. The van der Waals surface area contributed by atoms with Gasteiger partial charge in [-0.15, -0.1) is 11.3 Å². The zero-order valence-electron chi connectivity index (χ0n) is 13.3. The number of benzene rings is 1. The topological polar surface area (TPSA) is 49.3 Å². The van der Waals surface area contributed by atoms with E-state index in [0.29, 0.717) is 6.54 Å².